The van der Waals surface area contributed by atoms with E-state index in [1.165, 1.54) is 0 Å². The Labute approximate surface area is 203 Å². The second kappa shape index (κ2) is 12.0. The fourth-order valence-electron chi connectivity index (χ4n) is 3.08. The van der Waals surface area contributed by atoms with Crippen molar-refractivity contribution in [3.05, 3.63) is 88.9 Å². The third kappa shape index (κ3) is 7.30. The number of carbonyl (C=O) groups is 2. The van der Waals surface area contributed by atoms with Gasteiger partial charge in [-0.1, -0.05) is 41.9 Å². The molecule has 3 aromatic carbocycles. The van der Waals surface area contributed by atoms with Crippen LogP contribution < -0.4 is 20.7 Å². The highest BCUT2D eigenvalue weighted by Gasteiger charge is 2.14. The number of halogens is 1. The Morgan fingerprint density at radius 1 is 0.939 bits per heavy atom. The summed E-state index contributed by atoms with van der Waals surface area (Å²) < 4.78 is 5.42. The number of amides is 2. The van der Waals surface area contributed by atoms with Crippen molar-refractivity contribution in [3.8, 4) is 5.75 Å². The molecule has 0 aromatic heterocycles. The van der Waals surface area contributed by atoms with Crippen molar-refractivity contribution >= 4 is 52.1 Å². The van der Waals surface area contributed by atoms with Crippen molar-refractivity contribution in [3.63, 3.8) is 0 Å². The normalized spacial score (nSPS) is 10.2. The van der Waals surface area contributed by atoms with Crippen LogP contribution >= 0.6 is 23.8 Å². The van der Waals surface area contributed by atoms with Gasteiger partial charge in [0.25, 0.3) is 5.91 Å². The van der Waals surface area contributed by atoms with Crippen LogP contribution in [-0.2, 0) is 11.2 Å². The summed E-state index contributed by atoms with van der Waals surface area (Å²) in [5, 5.41) is 9.16. The minimum atomic E-state index is -0.310. The summed E-state index contributed by atoms with van der Waals surface area (Å²) >= 11 is 11.4. The largest absolute Gasteiger partial charge is 0.494 e. The van der Waals surface area contributed by atoms with Crippen LogP contribution in [-0.4, -0.2) is 23.5 Å². The van der Waals surface area contributed by atoms with Gasteiger partial charge in [0, 0.05) is 17.1 Å². The maximum Gasteiger partial charge on any atom is 0.257 e. The van der Waals surface area contributed by atoms with Crippen LogP contribution in [0.2, 0.25) is 5.02 Å². The summed E-state index contributed by atoms with van der Waals surface area (Å²) in [7, 11) is 0. The zero-order valence-corrected chi connectivity index (χ0v) is 19.6. The van der Waals surface area contributed by atoms with Gasteiger partial charge < -0.3 is 20.7 Å². The first-order chi connectivity index (χ1) is 16.0. The van der Waals surface area contributed by atoms with Crippen LogP contribution in [0.1, 0.15) is 29.3 Å². The predicted octanol–water partition coefficient (Wildman–Crippen LogP) is 5.44. The molecule has 3 aromatic rings. The second-order valence-electron chi connectivity index (χ2n) is 7.05. The number of carbonyl (C=O) groups excluding carboxylic acids is 2. The number of nitrogens with one attached hydrogen (secondary N) is 3. The molecule has 0 saturated heterocycles. The topological polar surface area (TPSA) is 79.5 Å². The van der Waals surface area contributed by atoms with Crippen LogP contribution in [0.15, 0.2) is 72.8 Å². The molecule has 8 heteroatoms. The van der Waals surface area contributed by atoms with Gasteiger partial charge in [-0.3, -0.25) is 9.59 Å². The molecule has 0 saturated carbocycles. The van der Waals surface area contributed by atoms with E-state index in [0.717, 1.165) is 11.3 Å². The molecule has 0 atom stereocenters. The Bertz CT molecular complexity index is 1140. The summed E-state index contributed by atoms with van der Waals surface area (Å²) in [5.41, 5.74) is 2.40. The van der Waals surface area contributed by atoms with Crippen molar-refractivity contribution in [2.24, 2.45) is 0 Å². The second-order valence-corrected chi connectivity index (χ2v) is 7.87. The molecule has 0 heterocycles. The van der Waals surface area contributed by atoms with E-state index in [9.17, 15) is 9.59 Å². The van der Waals surface area contributed by atoms with E-state index in [-0.39, 0.29) is 23.3 Å². The number of para-hydroxylation sites is 1. The molecule has 170 valence electrons. The van der Waals surface area contributed by atoms with Gasteiger partial charge in [0.05, 0.1) is 17.9 Å². The third-order valence-corrected chi connectivity index (χ3v) is 5.25. The number of rotatable bonds is 8. The molecular weight excluding hydrogens is 458 g/mol. The van der Waals surface area contributed by atoms with Crippen molar-refractivity contribution in [2.75, 3.05) is 17.2 Å². The van der Waals surface area contributed by atoms with Crippen LogP contribution in [0, 0.1) is 0 Å². The Hall–Kier alpha value is -3.42. The number of thiocarbonyl (C=S) groups is 1. The Balaban J connectivity index is 1.57. The highest BCUT2D eigenvalue weighted by molar-refractivity contribution is 7.80. The Morgan fingerprint density at radius 3 is 2.36 bits per heavy atom. The van der Waals surface area contributed by atoms with E-state index in [2.05, 4.69) is 16.0 Å². The van der Waals surface area contributed by atoms with E-state index in [1.54, 1.807) is 54.6 Å². The van der Waals surface area contributed by atoms with E-state index in [1.807, 2.05) is 25.1 Å². The van der Waals surface area contributed by atoms with Gasteiger partial charge in [-0.25, -0.2) is 0 Å². The van der Waals surface area contributed by atoms with Crippen LogP contribution in [0.25, 0.3) is 0 Å². The minimum Gasteiger partial charge on any atom is -0.494 e. The number of anilines is 2. The first-order valence-corrected chi connectivity index (χ1v) is 11.2. The Kier molecular flexibility index (Phi) is 8.80. The molecule has 2 amide bonds. The molecular formula is C25H24ClN3O3S. The van der Waals surface area contributed by atoms with Crippen molar-refractivity contribution in [2.45, 2.75) is 19.8 Å². The van der Waals surface area contributed by atoms with E-state index in [4.69, 9.17) is 28.6 Å². The lowest BCUT2D eigenvalue weighted by Crippen LogP contribution is -2.34. The maximum absolute atomic E-state index is 12.8. The molecule has 0 aliphatic heterocycles. The molecule has 3 N–H and O–H groups in total. The molecule has 6 nitrogen and oxygen atoms in total. The molecule has 0 bridgehead atoms. The number of ether oxygens (including phenoxy) is 1. The summed E-state index contributed by atoms with van der Waals surface area (Å²) in [5.74, 6) is 0.173. The first kappa shape index (κ1) is 24.2. The molecule has 0 fully saturated rings. The summed E-state index contributed by atoms with van der Waals surface area (Å²) in [6.45, 7) is 2.48. The first-order valence-electron chi connectivity index (χ1n) is 10.4. The Morgan fingerprint density at radius 2 is 1.64 bits per heavy atom. The molecule has 0 aliphatic rings. The quantitative estimate of drug-likeness (QED) is 0.373. The lowest BCUT2D eigenvalue weighted by Gasteiger charge is -2.14. The average Bonchev–Trinajstić information content (AvgIpc) is 2.80. The van der Waals surface area contributed by atoms with Crippen molar-refractivity contribution < 1.29 is 14.3 Å². The van der Waals surface area contributed by atoms with Crippen molar-refractivity contribution in [1.82, 2.24) is 5.32 Å². The molecule has 0 unspecified atom stereocenters. The lowest BCUT2D eigenvalue weighted by molar-refractivity contribution is -0.119. The summed E-state index contributed by atoms with van der Waals surface area (Å²) in [4.78, 5) is 25.1. The zero-order valence-electron chi connectivity index (χ0n) is 18.1. The standard InChI is InChI=1S/C25H24ClN3O3S/c1-2-32-19-14-12-18(13-15-19)27-24(31)20-8-4-6-10-22(20)28-25(33)29-23(30)16-11-17-7-3-5-9-21(17)26/h3-10,12-15H,2,11,16H2,1H3,(H,27,31)(H2,28,29,30,33). The number of aryl methyl sites for hydroxylation is 1. The van der Waals surface area contributed by atoms with Gasteiger partial charge in [-0.05, 0) is 73.6 Å². The zero-order chi connectivity index (χ0) is 23.6. The lowest BCUT2D eigenvalue weighted by atomic mass is 10.1. The summed E-state index contributed by atoms with van der Waals surface area (Å²) in [6, 6.07) is 21.4. The van der Waals surface area contributed by atoms with Gasteiger partial charge in [0.15, 0.2) is 5.11 Å². The fraction of sp³-hybridized carbons (Fsp3) is 0.160. The molecule has 3 rings (SSSR count). The van der Waals surface area contributed by atoms with E-state index >= 15 is 0 Å². The van der Waals surface area contributed by atoms with Gasteiger partial charge >= 0.3 is 0 Å². The highest BCUT2D eigenvalue weighted by atomic mass is 35.5. The highest BCUT2D eigenvalue weighted by Crippen LogP contribution is 2.20. The average molecular weight is 482 g/mol. The van der Waals surface area contributed by atoms with Gasteiger partial charge in [0.2, 0.25) is 5.91 Å². The third-order valence-electron chi connectivity index (χ3n) is 4.68. The van der Waals surface area contributed by atoms with Crippen LogP contribution in [0.4, 0.5) is 11.4 Å². The smallest absolute Gasteiger partial charge is 0.257 e. The molecule has 0 aliphatic carbocycles. The fourth-order valence-corrected chi connectivity index (χ4v) is 3.54. The van der Waals surface area contributed by atoms with Crippen molar-refractivity contribution in [1.29, 1.82) is 0 Å². The maximum atomic E-state index is 12.8. The minimum absolute atomic E-state index is 0.112. The van der Waals surface area contributed by atoms with Gasteiger partial charge in [-0.2, -0.15) is 0 Å². The molecule has 0 spiro atoms. The molecule has 33 heavy (non-hydrogen) atoms. The number of hydrogen-bond donors (Lipinski definition) is 3. The predicted molar refractivity (Wildman–Crippen MR) is 136 cm³/mol. The van der Waals surface area contributed by atoms with Gasteiger partial charge in [0.1, 0.15) is 5.75 Å². The number of hydrogen-bond acceptors (Lipinski definition) is 4. The van der Waals surface area contributed by atoms with Gasteiger partial charge in [-0.15, -0.1) is 0 Å². The van der Waals surface area contributed by atoms with Crippen LogP contribution in [0.5, 0.6) is 5.75 Å². The molecule has 0 radical (unpaired) electrons. The SMILES string of the molecule is CCOc1ccc(NC(=O)c2ccccc2NC(=S)NC(=O)CCc2ccccc2Cl)cc1. The van der Waals surface area contributed by atoms with Crippen LogP contribution in [0.3, 0.4) is 0 Å². The van der Waals surface area contributed by atoms with E-state index < -0.39 is 0 Å². The van der Waals surface area contributed by atoms with E-state index in [0.29, 0.717) is 35.0 Å². The monoisotopic (exact) mass is 481 g/mol. The summed E-state index contributed by atoms with van der Waals surface area (Å²) in [6.07, 6.45) is 0.723. The number of benzene rings is 3.